The van der Waals surface area contributed by atoms with E-state index < -0.39 is 0 Å². The maximum absolute atomic E-state index is 12.7. The fourth-order valence-corrected chi connectivity index (χ4v) is 3.71. The van der Waals surface area contributed by atoms with Crippen molar-refractivity contribution in [2.45, 2.75) is 13.8 Å². The Morgan fingerprint density at radius 1 is 1.07 bits per heavy atom. The van der Waals surface area contributed by atoms with E-state index in [9.17, 15) is 14.7 Å². The molecular formula is C21H24BrN3O3. The highest BCUT2D eigenvalue weighted by Crippen LogP contribution is 2.24. The van der Waals surface area contributed by atoms with Crippen molar-refractivity contribution in [2.75, 3.05) is 38.0 Å². The Kier molecular flexibility index (Phi) is 6.36. The van der Waals surface area contributed by atoms with Crippen molar-refractivity contribution in [3.05, 3.63) is 57.6 Å². The number of hydrogen-bond acceptors (Lipinski definition) is 4. The second-order valence-corrected chi connectivity index (χ2v) is 7.96. The van der Waals surface area contributed by atoms with Crippen molar-refractivity contribution in [3.8, 4) is 5.75 Å². The van der Waals surface area contributed by atoms with Crippen LogP contribution in [0.15, 0.2) is 40.9 Å². The van der Waals surface area contributed by atoms with Gasteiger partial charge in [-0.2, -0.15) is 0 Å². The molecule has 1 aliphatic rings. The summed E-state index contributed by atoms with van der Waals surface area (Å²) in [5, 5.41) is 13.0. The van der Waals surface area contributed by atoms with Gasteiger partial charge in [0.15, 0.2) is 0 Å². The highest BCUT2D eigenvalue weighted by Gasteiger charge is 2.25. The molecule has 0 spiro atoms. The first-order valence-electron chi connectivity index (χ1n) is 9.21. The van der Waals surface area contributed by atoms with Crippen molar-refractivity contribution < 1.29 is 14.7 Å². The number of anilines is 1. The van der Waals surface area contributed by atoms with Gasteiger partial charge in [-0.25, -0.2) is 0 Å². The van der Waals surface area contributed by atoms with Crippen LogP contribution in [0.25, 0.3) is 0 Å². The predicted molar refractivity (Wildman–Crippen MR) is 113 cm³/mol. The van der Waals surface area contributed by atoms with Crippen LogP contribution >= 0.6 is 15.9 Å². The molecule has 0 radical (unpaired) electrons. The summed E-state index contributed by atoms with van der Waals surface area (Å²) in [6, 6.07) is 10.8. The molecule has 1 aliphatic heterocycles. The molecule has 28 heavy (non-hydrogen) atoms. The molecule has 0 aliphatic carbocycles. The lowest BCUT2D eigenvalue weighted by Crippen LogP contribution is -2.50. The topological polar surface area (TPSA) is 72.9 Å². The van der Waals surface area contributed by atoms with Crippen LogP contribution in [0.1, 0.15) is 21.5 Å². The third-order valence-electron chi connectivity index (χ3n) is 4.96. The molecule has 0 unspecified atom stereocenters. The van der Waals surface area contributed by atoms with Crippen LogP contribution in [0.2, 0.25) is 0 Å². The summed E-state index contributed by atoms with van der Waals surface area (Å²) in [5.41, 5.74) is 3.23. The molecule has 1 heterocycles. The molecule has 6 nitrogen and oxygen atoms in total. The Balaban J connectivity index is 1.54. The zero-order valence-corrected chi connectivity index (χ0v) is 17.6. The Morgan fingerprint density at radius 3 is 2.36 bits per heavy atom. The average molecular weight is 446 g/mol. The first kappa shape index (κ1) is 20.4. The van der Waals surface area contributed by atoms with Gasteiger partial charge in [-0.15, -0.1) is 0 Å². The highest BCUT2D eigenvalue weighted by molar-refractivity contribution is 9.10. The molecule has 2 aromatic carbocycles. The monoisotopic (exact) mass is 445 g/mol. The van der Waals surface area contributed by atoms with Crippen LogP contribution in [0.4, 0.5) is 5.69 Å². The van der Waals surface area contributed by atoms with Gasteiger partial charge in [0.1, 0.15) is 5.75 Å². The molecule has 2 N–H and O–H groups in total. The van der Waals surface area contributed by atoms with Crippen molar-refractivity contribution in [1.29, 1.82) is 0 Å². The van der Waals surface area contributed by atoms with E-state index in [2.05, 4.69) is 21.2 Å². The van der Waals surface area contributed by atoms with E-state index in [0.29, 0.717) is 26.2 Å². The third-order valence-corrected chi connectivity index (χ3v) is 5.45. The van der Waals surface area contributed by atoms with Gasteiger partial charge in [0.05, 0.1) is 12.1 Å². The molecule has 0 bridgehead atoms. The number of piperazine rings is 1. The number of para-hydroxylation sites is 1. The van der Waals surface area contributed by atoms with E-state index in [1.165, 1.54) is 6.07 Å². The second kappa shape index (κ2) is 8.75. The van der Waals surface area contributed by atoms with Crippen LogP contribution in [-0.4, -0.2) is 59.4 Å². The number of nitrogens with zero attached hydrogens (tertiary/aromatic N) is 2. The number of phenols is 1. The fourth-order valence-electron chi connectivity index (χ4n) is 3.35. The minimum atomic E-state index is -0.196. The number of carbonyl (C=O) groups is 2. The number of rotatable bonds is 4. The minimum Gasteiger partial charge on any atom is -0.507 e. The highest BCUT2D eigenvalue weighted by atomic mass is 79.9. The largest absolute Gasteiger partial charge is 0.507 e. The molecule has 0 atom stereocenters. The first-order valence-corrected chi connectivity index (χ1v) is 10.0. The minimum absolute atomic E-state index is 0.0244. The number of carbonyl (C=O) groups excluding carboxylic acids is 2. The summed E-state index contributed by atoms with van der Waals surface area (Å²) in [6.45, 7) is 6.50. The van der Waals surface area contributed by atoms with Gasteiger partial charge in [0.2, 0.25) is 5.91 Å². The summed E-state index contributed by atoms with van der Waals surface area (Å²) in [7, 11) is 0. The normalized spacial score (nSPS) is 14.8. The van der Waals surface area contributed by atoms with Crippen LogP contribution in [-0.2, 0) is 4.79 Å². The Hall–Kier alpha value is -2.38. The van der Waals surface area contributed by atoms with Crippen molar-refractivity contribution in [1.82, 2.24) is 9.80 Å². The van der Waals surface area contributed by atoms with Gasteiger partial charge in [0, 0.05) is 36.3 Å². The zero-order chi connectivity index (χ0) is 20.3. The van der Waals surface area contributed by atoms with Crippen molar-refractivity contribution in [2.24, 2.45) is 0 Å². The summed E-state index contributed by atoms with van der Waals surface area (Å²) in [4.78, 5) is 28.8. The molecule has 0 saturated carbocycles. The van der Waals surface area contributed by atoms with Gasteiger partial charge < -0.3 is 15.3 Å². The van der Waals surface area contributed by atoms with E-state index in [0.717, 1.165) is 21.3 Å². The lowest BCUT2D eigenvalue weighted by Gasteiger charge is -2.34. The molecule has 2 amide bonds. The number of amides is 2. The Bertz CT molecular complexity index is 872. The van der Waals surface area contributed by atoms with Gasteiger partial charge in [0.25, 0.3) is 5.91 Å². The maximum atomic E-state index is 12.7. The van der Waals surface area contributed by atoms with E-state index in [4.69, 9.17) is 0 Å². The number of aryl methyl sites for hydroxylation is 2. The lowest BCUT2D eigenvalue weighted by atomic mass is 10.1. The van der Waals surface area contributed by atoms with Crippen LogP contribution in [0.3, 0.4) is 0 Å². The summed E-state index contributed by atoms with van der Waals surface area (Å²) >= 11 is 3.33. The quantitative estimate of drug-likeness (QED) is 0.757. The van der Waals surface area contributed by atoms with Gasteiger partial charge in [-0.3, -0.25) is 14.5 Å². The molecule has 1 fully saturated rings. The molecule has 3 rings (SSSR count). The lowest BCUT2D eigenvalue weighted by molar-refractivity contribution is -0.117. The van der Waals surface area contributed by atoms with Crippen molar-refractivity contribution >= 4 is 33.4 Å². The first-order chi connectivity index (χ1) is 13.3. The van der Waals surface area contributed by atoms with Gasteiger partial charge in [-0.05, 0) is 43.2 Å². The van der Waals surface area contributed by atoms with E-state index in [-0.39, 0.29) is 29.7 Å². The smallest absolute Gasteiger partial charge is 0.257 e. The molecule has 0 aromatic heterocycles. The van der Waals surface area contributed by atoms with Crippen LogP contribution in [0, 0.1) is 13.8 Å². The number of phenolic OH excluding ortho intramolecular Hbond substituents is 1. The van der Waals surface area contributed by atoms with E-state index in [1.807, 2.05) is 36.9 Å². The molecule has 1 saturated heterocycles. The van der Waals surface area contributed by atoms with Crippen molar-refractivity contribution in [3.63, 3.8) is 0 Å². The molecular weight excluding hydrogens is 422 g/mol. The number of aromatic hydroxyl groups is 1. The number of benzene rings is 2. The SMILES string of the molecule is Cc1cccc(C)c1NC(=O)CN1CCN(C(=O)c2cc(Br)ccc2O)CC1. The van der Waals surface area contributed by atoms with Gasteiger partial charge in [-0.1, -0.05) is 34.1 Å². The number of hydrogen-bond donors (Lipinski definition) is 2. The molecule has 7 heteroatoms. The van der Waals surface area contributed by atoms with Crippen LogP contribution < -0.4 is 5.32 Å². The zero-order valence-electron chi connectivity index (χ0n) is 16.0. The maximum Gasteiger partial charge on any atom is 0.257 e. The average Bonchev–Trinajstić information content (AvgIpc) is 2.67. The summed E-state index contributed by atoms with van der Waals surface area (Å²) in [5.74, 6) is -0.274. The van der Waals surface area contributed by atoms with Gasteiger partial charge >= 0.3 is 0 Å². The summed E-state index contributed by atoms with van der Waals surface area (Å²) in [6.07, 6.45) is 0. The predicted octanol–water partition coefficient (Wildman–Crippen LogP) is 3.17. The van der Waals surface area contributed by atoms with E-state index >= 15 is 0 Å². The third kappa shape index (κ3) is 4.72. The Labute approximate surface area is 173 Å². The standard InChI is InChI=1S/C21H24BrN3O3/c1-14-4-3-5-15(2)20(14)23-19(27)13-24-8-10-25(11-9-24)21(28)17-12-16(22)6-7-18(17)26/h3-7,12,26H,8-11,13H2,1-2H3,(H,23,27). The van der Waals surface area contributed by atoms with E-state index in [1.54, 1.807) is 17.0 Å². The number of halogens is 1. The summed E-state index contributed by atoms with van der Waals surface area (Å²) < 4.78 is 0.746. The Morgan fingerprint density at radius 2 is 1.71 bits per heavy atom. The fraction of sp³-hybridized carbons (Fsp3) is 0.333. The second-order valence-electron chi connectivity index (χ2n) is 7.04. The molecule has 2 aromatic rings. The molecule has 148 valence electrons. The van der Waals surface area contributed by atoms with Crippen LogP contribution in [0.5, 0.6) is 5.75 Å². The number of nitrogens with one attached hydrogen (secondary N) is 1.